The van der Waals surface area contributed by atoms with Crippen LogP contribution in [-0.4, -0.2) is 119 Å². The van der Waals surface area contributed by atoms with Gasteiger partial charge in [0.25, 0.3) is 17.1 Å². The molecule has 0 spiro atoms. The summed E-state index contributed by atoms with van der Waals surface area (Å²) in [6.45, 7) is 12.5. The fourth-order valence-corrected chi connectivity index (χ4v) is 4.88. The quantitative estimate of drug-likeness (QED) is 0.0471. The van der Waals surface area contributed by atoms with Gasteiger partial charge in [0.15, 0.2) is 18.9 Å². The summed E-state index contributed by atoms with van der Waals surface area (Å²) < 4.78 is 42.3. The van der Waals surface area contributed by atoms with Crippen molar-refractivity contribution in [2.75, 3.05) is 66.5 Å². The molecule has 25 heteroatoms. The van der Waals surface area contributed by atoms with Gasteiger partial charge >= 0.3 is 21.1 Å². The zero-order valence-electron chi connectivity index (χ0n) is 37.3. The summed E-state index contributed by atoms with van der Waals surface area (Å²) in [5.41, 5.74) is 0.974. The highest BCUT2D eigenvalue weighted by molar-refractivity contribution is 9.09. The highest BCUT2D eigenvalue weighted by Crippen LogP contribution is 2.29. The summed E-state index contributed by atoms with van der Waals surface area (Å²) >= 11 is 5.88. The molecule has 0 radical (unpaired) electrons. The minimum absolute atomic E-state index is 0.00111. The zero-order valence-corrected chi connectivity index (χ0v) is 40.5. The number of alkyl halides is 2. The number of rotatable bonds is 11. The topological polar surface area (TPSA) is 261 Å². The molecule has 2 saturated heterocycles. The second-order valence-corrected chi connectivity index (χ2v) is 14.1. The van der Waals surface area contributed by atoms with Gasteiger partial charge in [-0.3, -0.25) is 35.1 Å². The Balaban J connectivity index is 0. The summed E-state index contributed by atoms with van der Waals surface area (Å²) in [6.07, 6.45) is -0.925. The van der Waals surface area contributed by atoms with Crippen molar-refractivity contribution >= 4 is 76.3 Å². The number of hydrogen-bond donors (Lipinski definition) is 2. The third-order valence-electron chi connectivity index (χ3n) is 7.67. The smallest absolute Gasteiger partial charge is 0.427 e. The van der Waals surface area contributed by atoms with Crippen molar-refractivity contribution in [3.8, 4) is 0 Å². The molecular formula is C38H58B3Br2N3O17. The average Bonchev–Trinajstić information content (AvgIpc) is 3.27. The van der Waals surface area contributed by atoms with Crippen LogP contribution in [0.15, 0.2) is 72.8 Å². The van der Waals surface area contributed by atoms with E-state index in [2.05, 4.69) is 59.6 Å². The van der Waals surface area contributed by atoms with Crippen LogP contribution in [0.1, 0.15) is 61.8 Å². The number of benzene rings is 3. The summed E-state index contributed by atoms with van der Waals surface area (Å²) in [7, 11) is 3.83. The van der Waals surface area contributed by atoms with Gasteiger partial charge in [0.05, 0.1) is 31.5 Å². The largest absolute Gasteiger partial charge is 0.488 e. The fourth-order valence-electron chi connectivity index (χ4n) is 4.88. The Morgan fingerprint density at radius 1 is 0.603 bits per heavy atom. The number of nitro groups is 3. The maximum Gasteiger partial charge on any atom is 0.488 e. The van der Waals surface area contributed by atoms with Gasteiger partial charge in [0.2, 0.25) is 0 Å². The number of halogens is 2. The van der Waals surface area contributed by atoms with E-state index >= 15 is 0 Å². The molecule has 2 N–H and O–H groups in total. The number of carbonyl (C=O) groups excluding carboxylic acids is 1. The van der Waals surface area contributed by atoms with Crippen LogP contribution in [0.3, 0.4) is 0 Å². The van der Waals surface area contributed by atoms with E-state index in [0.29, 0.717) is 43.8 Å². The molecule has 0 unspecified atom stereocenters. The number of hydrogen-bond acceptors (Lipinski definition) is 17. The highest BCUT2D eigenvalue weighted by Gasteiger charge is 2.47. The molecule has 63 heavy (non-hydrogen) atoms. The van der Waals surface area contributed by atoms with Crippen LogP contribution in [0.2, 0.25) is 6.82 Å². The van der Waals surface area contributed by atoms with Crippen LogP contribution in [0.4, 0.5) is 17.1 Å². The van der Waals surface area contributed by atoms with E-state index < -0.39 is 34.5 Å². The first-order chi connectivity index (χ1) is 29.8. The molecule has 0 saturated carbocycles. The van der Waals surface area contributed by atoms with Crippen LogP contribution >= 0.6 is 31.9 Å². The number of aldehydes is 1. The molecule has 2 aliphatic rings. The first-order valence-corrected chi connectivity index (χ1v) is 21.8. The second-order valence-electron chi connectivity index (χ2n) is 14.1. The highest BCUT2D eigenvalue weighted by atomic mass is 79.9. The Morgan fingerprint density at radius 3 is 1.10 bits per heavy atom. The van der Waals surface area contributed by atoms with E-state index in [9.17, 15) is 35.1 Å². The lowest BCUT2D eigenvalue weighted by atomic mass is 9.47. The monoisotopic (exact) mass is 1020 g/mol. The third kappa shape index (κ3) is 24.2. The first kappa shape index (κ1) is 61.4. The van der Waals surface area contributed by atoms with Gasteiger partial charge in [0.1, 0.15) is 0 Å². The number of methoxy groups -OCH3 is 4. The van der Waals surface area contributed by atoms with Crippen LogP contribution in [0.25, 0.3) is 0 Å². The number of nitrogens with zero attached hydrogens (tertiary/aromatic N) is 3. The van der Waals surface area contributed by atoms with Gasteiger partial charge in [0, 0.05) is 83.9 Å². The maximum atomic E-state index is 10.7. The van der Waals surface area contributed by atoms with Crippen molar-refractivity contribution in [3.05, 3.63) is 120 Å². The average molecular weight is 1020 g/mol. The molecule has 0 aliphatic carbocycles. The molecule has 5 rings (SSSR count). The number of para-hydroxylation sites is 3. The van der Waals surface area contributed by atoms with E-state index in [-0.39, 0.29) is 47.5 Å². The molecule has 20 nitrogen and oxygen atoms in total. The molecule has 0 amide bonds. The Hall–Kier alpha value is -3.72. The van der Waals surface area contributed by atoms with Crippen molar-refractivity contribution in [2.45, 2.75) is 47.1 Å². The van der Waals surface area contributed by atoms with Gasteiger partial charge in [-0.2, -0.15) is 0 Å². The van der Waals surface area contributed by atoms with Crippen LogP contribution < -0.4 is 0 Å². The van der Waals surface area contributed by atoms with E-state index in [1.165, 1.54) is 65.6 Å². The molecule has 350 valence electrons. The Morgan fingerprint density at radius 2 is 0.857 bits per heavy atom. The summed E-state index contributed by atoms with van der Waals surface area (Å²) in [4.78, 5) is 40.3. The lowest BCUT2D eigenvalue weighted by molar-refractivity contribution is -0.387. The van der Waals surface area contributed by atoms with Crippen LogP contribution in [0.5, 0.6) is 0 Å². The minimum atomic E-state index is -1.17. The summed E-state index contributed by atoms with van der Waals surface area (Å²) in [6, 6.07) is 18.5. The number of nitro benzene ring substituents is 3. The first-order valence-electron chi connectivity index (χ1n) is 18.6. The lowest BCUT2D eigenvalue weighted by Crippen LogP contribution is -2.56. The molecular weight excluding hydrogens is 963 g/mol. The molecule has 2 heterocycles. The predicted octanol–water partition coefficient (Wildman–Crippen LogP) is 7.48. The van der Waals surface area contributed by atoms with Gasteiger partial charge in [-0.05, 0) is 36.7 Å². The van der Waals surface area contributed by atoms with Gasteiger partial charge in [-0.25, -0.2) is 0 Å². The molecule has 0 bridgehead atoms. The van der Waals surface area contributed by atoms with E-state index in [1.54, 1.807) is 42.5 Å². The van der Waals surface area contributed by atoms with Crippen LogP contribution in [0, 0.1) is 41.2 Å². The van der Waals surface area contributed by atoms with E-state index in [0.717, 1.165) is 0 Å². The standard InChI is InChI=1S/C10H20B2O4.2C9H11NO4.C7H5NO3.CH5BO2.2CH3Br/c1-9(2)5-13-11(14-6-9)12-15-7-10(3,4)8-16-12;2*1-13-9(14-2)7-5-3-4-6-8(7)10(11)12;9-5-6-3-1-2-4-7(6)8(10)11;1-2(3)4;2*1-2/h5-8H2,1-4H3;2*3-6,9H,1-2H3;1-5H;3-4H,1H3;2*1H3. The fraction of sp³-hybridized carbons (Fsp3) is 0.500. The van der Waals surface area contributed by atoms with Crippen LogP contribution in [-0.2, 0) is 37.6 Å². The maximum absolute atomic E-state index is 10.7. The molecule has 0 aromatic heterocycles. The normalized spacial score (nSPS) is 14.3. The Kier molecular flexibility index (Phi) is 32.9. The summed E-state index contributed by atoms with van der Waals surface area (Å²) in [5.74, 6) is 3.62. The van der Waals surface area contributed by atoms with Crippen molar-refractivity contribution in [1.82, 2.24) is 0 Å². The SMILES string of the molecule is CB(O)O.CBr.CBr.CC1(C)COB(B2OCC(C)(C)CO2)OC1.COC(OC)c1ccccc1[N+](=O)[O-].COC(OC)c1ccccc1[N+](=O)[O-].O=Cc1ccccc1[N+](=O)[O-]. The van der Waals surface area contributed by atoms with Crippen molar-refractivity contribution in [3.63, 3.8) is 0 Å². The van der Waals surface area contributed by atoms with Crippen molar-refractivity contribution < 1.29 is 67.2 Å². The number of ether oxygens (including phenoxy) is 4. The molecule has 2 fully saturated rings. The third-order valence-corrected chi connectivity index (χ3v) is 7.67. The Bertz CT molecular complexity index is 1650. The molecule has 3 aromatic rings. The van der Waals surface area contributed by atoms with Crippen molar-refractivity contribution in [1.29, 1.82) is 0 Å². The second kappa shape index (κ2) is 33.7. The summed E-state index contributed by atoms with van der Waals surface area (Å²) in [5, 5.41) is 46.8. The minimum Gasteiger partial charge on any atom is -0.427 e. The lowest BCUT2D eigenvalue weighted by Gasteiger charge is -2.38. The van der Waals surface area contributed by atoms with Gasteiger partial charge in [-0.15, -0.1) is 0 Å². The van der Waals surface area contributed by atoms with Crippen molar-refractivity contribution in [2.24, 2.45) is 10.8 Å². The molecule has 0 atom stereocenters. The predicted molar refractivity (Wildman–Crippen MR) is 247 cm³/mol. The number of carbonyl (C=O) groups is 1. The van der Waals surface area contributed by atoms with E-state index in [1.807, 2.05) is 11.7 Å². The van der Waals surface area contributed by atoms with Gasteiger partial charge in [-0.1, -0.05) is 96.0 Å². The van der Waals surface area contributed by atoms with Gasteiger partial charge < -0.3 is 47.6 Å². The molecule has 2 aliphatic heterocycles. The molecule has 3 aromatic carbocycles. The van der Waals surface area contributed by atoms with E-state index in [4.69, 9.17) is 47.6 Å². The zero-order chi connectivity index (χ0) is 48.8. The Labute approximate surface area is 386 Å².